The molecule has 0 aliphatic rings. The van der Waals surface area contributed by atoms with Crippen LogP contribution in [0.3, 0.4) is 0 Å². The summed E-state index contributed by atoms with van der Waals surface area (Å²) in [5, 5.41) is 8.78. The van der Waals surface area contributed by atoms with Crippen molar-refractivity contribution in [2.75, 3.05) is 0 Å². The Hall–Kier alpha value is -1.47. The zero-order chi connectivity index (χ0) is 15.3. The maximum Gasteiger partial charge on any atom is 0.304 e. The van der Waals surface area contributed by atoms with Crippen molar-refractivity contribution in [2.45, 2.75) is 44.0 Å². The molecule has 1 unspecified atom stereocenters. The molecule has 0 saturated carbocycles. The normalized spacial score (nSPS) is 13.2. The van der Waals surface area contributed by atoms with Gasteiger partial charge in [0.25, 0.3) is 0 Å². The van der Waals surface area contributed by atoms with E-state index in [-0.39, 0.29) is 11.3 Å². The van der Waals surface area contributed by atoms with Crippen LogP contribution in [0, 0.1) is 12.7 Å². The van der Waals surface area contributed by atoms with E-state index in [2.05, 4.69) is 4.72 Å². The van der Waals surface area contributed by atoms with Crippen molar-refractivity contribution in [2.24, 2.45) is 0 Å². The number of halogens is 1. The number of aryl methyl sites for hydroxylation is 1. The monoisotopic (exact) mass is 303 g/mol. The summed E-state index contributed by atoms with van der Waals surface area (Å²) < 4.78 is 39.9. The maximum atomic E-state index is 13.2. The Morgan fingerprint density at radius 2 is 2.10 bits per heavy atom. The molecule has 1 rings (SSSR count). The molecular formula is C13H18FNO4S. The molecule has 5 nitrogen and oxygen atoms in total. The molecule has 112 valence electrons. The summed E-state index contributed by atoms with van der Waals surface area (Å²) in [5.41, 5.74) is 0.407. The Kier molecular flexibility index (Phi) is 5.64. The summed E-state index contributed by atoms with van der Waals surface area (Å²) in [6, 6.07) is 2.78. The van der Waals surface area contributed by atoms with Crippen molar-refractivity contribution in [3.8, 4) is 0 Å². The molecule has 0 aliphatic carbocycles. The summed E-state index contributed by atoms with van der Waals surface area (Å²) in [7, 11) is -3.93. The highest BCUT2D eigenvalue weighted by Crippen LogP contribution is 2.17. The van der Waals surface area contributed by atoms with E-state index in [1.54, 1.807) is 6.92 Å². The molecule has 1 aromatic carbocycles. The van der Waals surface area contributed by atoms with E-state index in [0.29, 0.717) is 18.4 Å². The Morgan fingerprint density at radius 1 is 1.45 bits per heavy atom. The Balaban J connectivity index is 3.02. The predicted octanol–water partition coefficient (Wildman–Crippen LogP) is 2.06. The molecule has 0 heterocycles. The Morgan fingerprint density at radius 3 is 2.65 bits per heavy atom. The second kappa shape index (κ2) is 6.81. The first kappa shape index (κ1) is 16.6. The van der Waals surface area contributed by atoms with Crippen molar-refractivity contribution in [3.63, 3.8) is 0 Å². The van der Waals surface area contributed by atoms with Crippen LogP contribution < -0.4 is 4.72 Å². The molecule has 0 fully saturated rings. The van der Waals surface area contributed by atoms with E-state index in [0.717, 1.165) is 6.07 Å². The highest BCUT2D eigenvalue weighted by Gasteiger charge is 2.23. The molecule has 0 aliphatic heterocycles. The van der Waals surface area contributed by atoms with Gasteiger partial charge in [-0.05, 0) is 31.0 Å². The van der Waals surface area contributed by atoms with Crippen LogP contribution in [0.1, 0.15) is 31.7 Å². The van der Waals surface area contributed by atoms with Crippen LogP contribution in [0.5, 0.6) is 0 Å². The molecule has 0 radical (unpaired) electrons. The number of benzene rings is 1. The zero-order valence-corrected chi connectivity index (χ0v) is 12.2. The quantitative estimate of drug-likeness (QED) is 0.807. The summed E-state index contributed by atoms with van der Waals surface area (Å²) >= 11 is 0. The number of hydrogen-bond acceptors (Lipinski definition) is 3. The SMILES string of the molecule is CCCC(CC(=O)O)NS(=O)(=O)c1cc(F)ccc1C. The lowest BCUT2D eigenvalue weighted by molar-refractivity contribution is -0.137. The molecule has 0 aromatic heterocycles. The van der Waals surface area contributed by atoms with E-state index in [1.165, 1.54) is 12.1 Å². The lowest BCUT2D eigenvalue weighted by atomic mass is 10.1. The average Bonchev–Trinajstić information content (AvgIpc) is 2.31. The summed E-state index contributed by atoms with van der Waals surface area (Å²) in [6.07, 6.45) is 0.740. The van der Waals surface area contributed by atoms with Crippen LogP contribution in [0.4, 0.5) is 4.39 Å². The molecule has 1 atom stereocenters. The third-order valence-electron chi connectivity index (χ3n) is 2.82. The van der Waals surface area contributed by atoms with Gasteiger partial charge in [0.05, 0.1) is 11.3 Å². The van der Waals surface area contributed by atoms with Gasteiger partial charge >= 0.3 is 5.97 Å². The third-order valence-corrected chi connectivity index (χ3v) is 4.48. The molecular weight excluding hydrogens is 285 g/mol. The Labute approximate surface area is 117 Å². The summed E-state index contributed by atoms with van der Waals surface area (Å²) in [5.74, 6) is -1.73. The van der Waals surface area contributed by atoms with Gasteiger partial charge in [-0.1, -0.05) is 19.4 Å². The highest BCUT2D eigenvalue weighted by atomic mass is 32.2. The molecule has 20 heavy (non-hydrogen) atoms. The van der Waals surface area contributed by atoms with Crippen LogP contribution >= 0.6 is 0 Å². The van der Waals surface area contributed by atoms with Gasteiger partial charge in [0, 0.05) is 6.04 Å². The molecule has 7 heteroatoms. The summed E-state index contributed by atoms with van der Waals surface area (Å²) in [6.45, 7) is 3.39. The molecule has 2 N–H and O–H groups in total. The first-order valence-electron chi connectivity index (χ1n) is 6.26. The fourth-order valence-electron chi connectivity index (χ4n) is 1.91. The van der Waals surface area contributed by atoms with Crippen molar-refractivity contribution in [1.29, 1.82) is 0 Å². The van der Waals surface area contributed by atoms with Crippen LogP contribution in [0.25, 0.3) is 0 Å². The number of sulfonamides is 1. The molecule has 0 spiro atoms. The van der Waals surface area contributed by atoms with Gasteiger partial charge < -0.3 is 5.11 Å². The molecule has 0 amide bonds. The molecule has 0 bridgehead atoms. The molecule has 0 saturated heterocycles. The van der Waals surface area contributed by atoms with Gasteiger partial charge in [-0.25, -0.2) is 17.5 Å². The van der Waals surface area contributed by atoms with Gasteiger partial charge in [-0.3, -0.25) is 4.79 Å². The third kappa shape index (κ3) is 4.57. The number of carbonyl (C=O) groups is 1. The van der Waals surface area contributed by atoms with Crippen LogP contribution in [-0.2, 0) is 14.8 Å². The van der Waals surface area contributed by atoms with Crippen LogP contribution in [-0.4, -0.2) is 25.5 Å². The Bertz CT molecular complexity index is 586. The van der Waals surface area contributed by atoms with E-state index in [1.807, 2.05) is 6.92 Å². The van der Waals surface area contributed by atoms with E-state index in [9.17, 15) is 17.6 Å². The van der Waals surface area contributed by atoms with Crippen LogP contribution in [0.2, 0.25) is 0 Å². The van der Waals surface area contributed by atoms with E-state index in [4.69, 9.17) is 5.11 Å². The second-order valence-electron chi connectivity index (χ2n) is 4.61. The van der Waals surface area contributed by atoms with Gasteiger partial charge in [0.2, 0.25) is 10.0 Å². The zero-order valence-electron chi connectivity index (χ0n) is 11.4. The first-order chi connectivity index (χ1) is 9.26. The number of aliphatic carboxylic acids is 1. The number of carboxylic acid groups (broad SMARTS) is 1. The van der Waals surface area contributed by atoms with E-state index >= 15 is 0 Å². The summed E-state index contributed by atoms with van der Waals surface area (Å²) in [4.78, 5) is 10.6. The van der Waals surface area contributed by atoms with Gasteiger partial charge in [-0.2, -0.15) is 0 Å². The number of hydrogen-bond donors (Lipinski definition) is 2. The van der Waals surface area contributed by atoms with Crippen molar-refractivity contribution < 1.29 is 22.7 Å². The van der Waals surface area contributed by atoms with Crippen LogP contribution in [0.15, 0.2) is 23.1 Å². The standard InChI is InChI=1S/C13H18FNO4S/c1-3-4-11(8-13(16)17)15-20(18,19)12-7-10(14)6-5-9(12)2/h5-7,11,15H,3-4,8H2,1-2H3,(H,16,17). The minimum Gasteiger partial charge on any atom is -0.481 e. The highest BCUT2D eigenvalue weighted by molar-refractivity contribution is 7.89. The minimum absolute atomic E-state index is 0.163. The molecule has 1 aromatic rings. The largest absolute Gasteiger partial charge is 0.481 e. The second-order valence-corrected chi connectivity index (χ2v) is 6.30. The lowest BCUT2D eigenvalue weighted by Gasteiger charge is -2.17. The van der Waals surface area contributed by atoms with Gasteiger partial charge in [-0.15, -0.1) is 0 Å². The fraction of sp³-hybridized carbons (Fsp3) is 0.462. The van der Waals surface area contributed by atoms with Crippen molar-refractivity contribution in [3.05, 3.63) is 29.6 Å². The minimum atomic E-state index is -3.93. The lowest BCUT2D eigenvalue weighted by Crippen LogP contribution is -2.36. The number of rotatable bonds is 7. The van der Waals surface area contributed by atoms with Gasteiger partial charge in [0.1, 0.15) is 5.82 Å². The smallest absolute Gasteiger partial charge is 0.304 e. The predicted molar refractivity (Wildman–Crippen MR) is 72.4 cm³/mol. The van der Waals surface area contributed by atoms with Crippen molar-refractivity contribution >= 4 is 16.0 Å². The average molecular weight is 303 g/mol. The maximum absolute atomic E-state index is 13.2. The number of carboxylic acids is 1. The van der Waals surface area contributed by atoms with Gasteiger partial charge in [0.15, 0.2) is 0 Å². The fourth-order valence-corrected chi connectivity index (χ4v) is 3.43. The number of nitrogens with one attached hydrogen (secondary N) is 1. The van der Waals surface area contributed by atoms with E-state index < -0.39 is 27.9 Å². The first-order valence-corrected chi connectivity index (χ1v) is 7.75. The topological polar surface area (TPSA) is 83.5 Å². The van der Waals surface area contributed by atoms with Crippen molar-refractivity contribution in [1.82, 2.24) is 4.72 Å².